The molecule has 0 radical (unpaired) electrons. The Balaban J connectivity index is 1.67. The van der Waals surface area contributed by atoms with Crippen molar-refractivity contribution in [3.8, 4) is 5.69 Å². The molecule has 3 aromatic rings. The van der Waals surface area contributed by atoms with E-state index in [0.29, 0.717) is 10.8 Å². The first kappa shape index (κ1) is 17.5. The Hall–Kier alpha value is -3.27. The van der Waals surface area contributed by atoms with Crippen LogP contribution in [0.1, 0.15) is 6.92 Å². The average Bonchev–Trinajstić information content (AvgIpc) is 3.11. The normalized spacial score (nSPS) is 11.7. The number of anilines is 1. The van der Waals surface area contributed by atoms with Crippen LogP contribution in [-0.2, 0) is 4.79 Å². The van der Waals surface area contributed by atoms with Gasteiger partial charge in [-0.05, 0) is 41.6 Å². The molecular formula is C16H14N6O3S. The van der Waals surface area contributed by atoms with Crippen LogP contribution in [-0.4, -0.2) is 36.3 Å². The van der Waals surface area contributed by atoms with Crippen molar-refractivity contribution >= 4 is 29.0 Å². The number of benzene rings is 2. The minimum Gasteiger partial charge on any atom is -0.325 e. The summed E-state index contributed by atoms with van der Waals surface area (Å²) >= 11 is 1.21. The molecule has 1 heterocycles. The molecule has 2 aromatic carbocycles. The third-order valence-corrected chi connectivity index (χ3v) is 4.47. The van der Waals surface area contributed by atoms with Crippen molar-refractivity contribution in [2.45, 2.75) is 17.3 Å². The number of nitrogens with zero attached hydrogens (tertiary/aromatic N) is 5. The molecule has 1 aromatic heterocycles. The SMILES string of the molecule is CC(Sc1nnnn1-c1ccccc1)C(=O)Nc1ccc([N+](=O)[O-])cc1. The summed E-state index contributed by atoms with van der Waals surface area (Å²) in [6.45, 7) is 1.73. The number of thioether (sulfide) groups is 1. The summed E-state index contributed by atoms with van der Waals surface area (Å²) in [6.07, 6.45) is 0. The van der Waals surface area contributed by atoms with Gasteiger partial charge in [0.05, 0.1) is 15.9 Å². The molecule has 0 saturated heterocycles. The Morgan fingerprint density at radius 2 is 1.88 bits per heavy atom. The lowest BCUT2D eigenvalue weighted by atomic mass is 10.3. The molecular weight excluding hydrogens is 356 g/mol. The summed E-state index contributed by atoms with van der Waals surface area (Å²) in [5.41, 5.74) is 1.24. The van der Waals surface area contributed by atoms with Gasteiger partial charge in [-0.3, -0.25) is 14.9 Å². The molecule has 3 rings (SSSR count). The lowest BCUT2D eigenvalue weighted by Gasteiger charge is -2.11. The summed E-state index contributed by atoms with van der Waals surface area (Å²) in [6, 6.07) is 15.0. The zero-order valence-electron chi connectivity index (χ0n) is 13.6. The van der Waals surface area contributed by atoms with Crippen LogP contribution < -0.4 is 5.32 Å². The van der Waals surface area contributed by atoms with E-state index in [2.05, 4.69) is 20.8 Å². The first-order valence-electron chi connectivity index (χ1n) is 7.60. The van der Waals surface area contributed by atoms with Crippen molar-refractivity contribution in [2.75, 3.05) is 5.32 Å². The van der Waals surface area contributed by atoms with Crippen LogP contribution in [0.3, 0.4) is 0 Å². The van der Waals surface area contributed by atoms with Gasteiger partial charge in [0.25, 0.3) is 5.69 Å². The molecule has 1 amide bonds. The Labute approximate surface area is 152 Å². The third-order valence-electron chi connectivity index (χ3n) is 3.44. The standard InChI is InChI=1S/C16H14N6O3S/c1-11(15(23)17-12-7-9-14(10-8-12)22(24)25)26-16-18-19-20-21(16)13-5-3-2-4-6-13/h2-11H,1H3,(H,17,23). The maximum atomic E-state index is 12.4. The van der Waals surface area contributed by atoms with Crippen molar-refractivity contribution in [1.29, 1.82) is 0 Å². The molecule has 0 bridgehead atoms. The highest BCUT2D eigenvalue weighted by molar-refractivity contribution is 8.00. The number of non-ortho nitro benzene ring substituents is 1. The zero-order valence-corrected chi connectivity index (χ0v) is 14.5. The van der Waals surface area contributed by atoms with Crippen LogP contribution in [0.5, 0.6) is 0 Å². The van der Waals surface area contributed by atoms with Crippen LogP contribution in [0, 0.1) is 10.1 Å². The monoisotopic (exact) mass is 370 g/mol. The lowest BCUT2D eigenvalue weighted by Crippen LogP contribution is -2.22. The second kappa shape index (κ2) is 7.74. The summed E-state index contributed by atoms with van der Waals surface area (Å²) < 4.78 is 1.56. The summed E-state index contributed by atoms with van der Waals surface area (Å²) in [5, 5.41) is 25.0. The van der Waals surface area contributed by atoms with Gasteiger partial charge in [0.1, 0.15) is 0 Å². The maximum Gasteiger partial charge on any atom is 0.269 e. The van der Waals surface area contributed by atoms with E-state index in [1.807, 2.05) is 30.3 Å². The Bertz CT molecular complexity index is 913. The van der Waals surface area contributed by atoms with Crippen LogP contribution in [0.2, 0.25) is 0 Å². The highest BCUT2D eigenvalue weighted by atomic mass is 32.2. The van der Waals surface area contributed by atoms with Gasteiger partial charge in [0.2, 0.25) is 11.1 Å². The molecule has 9 nitrogen and oxygen atoms in total. The number of aromatic nitrogens is 4. The van der Waals surface area contributed by atoms with E-state index in [1.165, 1.54) is 36.0 Å². The van der Waals surface area contributed by atoms with Crippen molar-refractivity contribution in [1.82, 2.24) is 20.2 Å². The number of hydrogen-bond acceptors (Lipinski definition) is 7. The third kappa shape index (κ3) is 4.03. The Morgan fingerprint density at radius 1 is 1.19 bits per heavy atom. The van der Waals surface area contributed by atoms with Gasteiger partial charge < -0.3 is 5.32 Å². The van der Waals surface area contributed by atoms with E-state index >= 15 is 0 Å². The molecule has 0 saturated carbocycles. The predicted molar refractivity (Wildman–Crippen MR) is 96.2 cm³/mol. The summed E-state index contributed by atoms with van der Waals surface area (Å²) in [5.74, 6) is -0.258. The number of nitro benzene ring substituents is 1. The van der Waals surface area contributed by atoms with E-state index in [-0.39, 0.29) is 11.6 Å². The van der Waals surface area contributed by atoms with Crippen molar-refractivity contribution in [2.24, 2.45) is 0 Å². The highest BCUT2D eigenvalue weighted by Crippen LogP contribution is 2.24. The van der Waals surface area contributed by atoms with Crippen LogP contribution in [0.15, 0.2) is 59.8 Å². The largest absolute Gasteiger partial charge is 0.325 e. The highest BCUT2D eigenvalue weighted by Gasteiger charge is 2.19. The Kier molecular flexibility index (Phi) is 5.23. The topological polar surface area (TPSA) is 116 Å². The lowest BCUT2D eigenvalue weighted by molar-refractivity contribution is -0.384. The van der Waals surface area contributed by atoms with Gasteiger partial charge in [-0.25, -0.2) is 0 Å². The van der Waals surface area contributed by atoms with Gasteiger partial charge >= 0.3 is 0 Å². The number of tetrazole rings is 1. The van der Waals surface area contributed by atoms with Crippen LogP contribution in [0.4, 0.5) is 11.4 Å². The maximum absolute atomic E-state index is 12.4. The van der Waals surface area contributed by atoms with Gasteiger partial charge in [-0.1, -0.05) is 30.0 Å². The first-order valence-corrected chi connectivity index (χ1v) is 8.48. The molecule has 1 unspecified atom stereocenters. The van der Waals surface area contributed by atoms with E-state index in [0.717, 1.165) is 5.69 Å². The second-order valence-corrected chi connectivity index (χ2v) is 6.57. The molecule has 1 atom stereocenters. The zero-order chi connectivity index (χ0) is 18.5. The van der Waals surface area contributed by atoms with Gasteiger partial charge in [0.15, 0.2) is 0 Å². The number of nitro groups is 1. The van der Waals surface area contributed by atoms with E-state index in [1.54, 1.807) is 11.6 Å². The molecule has 10 heteroatoms. The van der Waals surface area contributed by atoms with Crippen LogP contribution in [0.25, 0.3) is 5.69 Å². The number of hydrogen-bond donors (Lipinski definition) is 1. The molecule has 0 aliphatic carbocycles. The molecule has 1 N–H and O–H groups in total. The number of nitrogens with one attached hydrogen (secondary N) is 1. The quantitative estimate of drug-likeness (QED) is 0.403. The van der Waals surface area contributed by atoms with Crippen molar-refractivity contribution in [3.63, 3.8) is 0 Å². The number of rotatable bonds is 6. The van der Waals surface area contributed by atoms with Gasteiger partial charge in [-0.2, -0.15) is 4.68 Å². The Morgan fingerprint density at radius 3 is 2.54 bits per heavy atom. The molecule has 0 aliphatic rings. The van der Waals surface area contributed by atoms with Gasteiger partial charge in [-0.15, -0.1) is 5.10 Å². The fourth-order valence-electron chi connectivity index (χ4n) is 2.11. The van der Waals surface area contributed by atoms with E-state index in [4.69, 9.17) is 0 Å². The number of para-hydroxylation sites is 1. The van der Waals surface area contributed by atoms with E-state index in [9.17, 15) is 14.9 Å². The first-order chi connectivity index (χ1) is 12.5. The van der Waals surface area contributed by atoms with Crippen molar-refractivity contribution in [3.05, 3.63) is 64.7 Å². The fraction of sp³-hybridized carbons (Fsp3) is 0.125. The molecule has 0 spiro atoms. The van der Waals surface area contributed by atoms with Crippen molar-refractivity contribution < 1.29 is 9.72 Å². The molecule has 0 fully saturated rings. The van der Waals surface area contributed by atoms with Crippen LogP contribution >= 0.6 is 11.8 Å². The summed E-state index contributed by atoms with van der Waals surface area (Å²) in [4.78, 5) is 22.5. The van der Waals surface area contributed by atoms with E-state index < -0.39 is 10.2 Å². The minimum atomic E-state index is -0.493. The number of carbonyl (C=O) groups is 1. The molecule has 132 valence electrons. The number of amides is 1. The average molecular weight is 370 g/mol. The minimum absolute atomic E-state index is 0.0348. The van der Waals surface area contributed by atoms with Gasteiger partial charge in [0, 0.05) is 17.8 Å². The molecule has 0 aliphatic heterocycles. The number of carbonyl (C=O) groups excluding carboxylic acids is 1. The molecule has 26 heavy (non-hydrogen) atoms. The second-order valence-electron chi connectivity index (χ2n) is 5.26. The summed E-state index contributed by atoms with van der Waals surface area (Å²) in [7, 11) is 0. The predicted octanol–water partition coefficient (Wildman–Crippen LogP) is 2.69. The fourth-order valence-corrected chi connectivity index (χ4v) is 2.91. The smallest absolute Gasteiger partial charge is 0.269 e.